The van der Waals surface area contributed by atoms with Gasteiger partial charge in [0.05, 0.1) is 19.3 Å². The van der Waals surface area contributed by atoms with Crippen LogP contribution >= 0.6 is 39.9 Å². The number of hydrogen-bond acceptors (Lipinski definition) is 3. The van der Waals surface area contributed by atoms with E-state index in [2.05, 4.69) is 59.4 Å². The van der Waals surface area contributed by atoms with Gasteiger partial charge in [-0.15, -0.1) is 24.0 Å². The third-order valence-corrected chi connectivity index (χ3v) is 5.04. The predicted octanol–water partition coefficient (Wildman–Crippen LogP) is 4.11. The summed E-state index contributed by atoms with van der Waals surface area (Å²) in [6.45, 7) is 9.75. The van der Waals surface area contributed by atoms with Gasteiger partial charge >= 0.3 is 0 Å². The van der Waals surface area contributed by atoms with Gasteiger partial charge in [0, 0.05) is 35.4 Å². The minimum absolute atomic E-state index is 0. The molecule has 0 aliphatic heterocycles. The fourth-order valence-electron chi connectivity index (χ4n) is 3.06. The molecule has 0 amide bonds. The molecule has 6 nitrogen and oxygen atoms in total. The first-order valence-corrected chi connectivity index (χ1v) is 10.0. The third-order valence-electron chi connectivity index (χ3n) is 4.55. The van der Waals surface area contributed by atoms with Crippen LogP contribution < -0.4 is 15.4 Å². The van der Waals surface area contributed by atoms with Gasteiger partial charge in [0.1, 0.15) is 5.75 Å². The van der Waals surface area contributed by atoms with Crippen LogP contribution in [0.25, 0.3) is 0 Å². The second-order valence-electron chi connectivity index (χ2n) is 6.67. The van der Waals surface area contributed by atoms with Gasteiger partial charge in [0.2, 0.25) is 0 Å². The SMILES string of the molecule is CCNC(=NCc1cc(Br)ccc1OC)NC(C)Cc1c(C)nn(C)c1C.I. The Morgan fingerprint density at radius 3 is 2.64 bits per heavy atom. The predicted molar refractivity (Wildman–Crippen MR) is 130 cm³/mol. The topological polar surface area (TPSA) is 63.5 Å². The first-order valence-electron chi connectivity index (χ1n) is 9.22. The fourth-order valence-corrected chi connectivity index (χ4v) is 3.47. The maximum absolute atomic E-state index is 5.44. The van der Waals surface area contributed by atoms with Crippen LogP contribution in [-0.2, 0) is 20.0 Å². The molecule has 0 bridgehead atoms. The van der Waals surface area contributed by atoms with E-state index in [-0.39, 0.29) is 30.0 Å². The molecule has 156 valence electrons. The Bertz CT molecular complexity index is 806. The first kappa shape index (κ1) is 24.7. The Kier molecular flexibility index (Phi) is 10.3. The van der Waals surface area contributed by atoms with Crippen LogP contribution in [0.15, 0.2) is 27.7 Å². The number of aromatic nitrogens is 2. The van der Waals surface area contributed by atoms with Crippen LogP contribution in [-0.4, -0.2) is 35.4 Å². The van der Waals surface area contributed by atoms with E-state index in [1.54, 1.807) is 7.11 Å². The highest BCUT2D eigenvalue weighted by atomic mass is 127. The number of guanidine groups is 1. The quantitative estimate of drug-likeness (QED) is 0.302. The summed E-state index contributed by atoms with van der Waals surface area (Å²) in [4.78, 5) is 4.74. The number of halogens is 2. The molecule has 0 spiro atoms. The summed E-state index contributed by atoms with van der Waals surface area (Å²) in [5.41, 5.74) is 4.63. The molecular weight excluding hydrogens is 533 g/mol. The zero-order valence-electron chi connectivity index (χ0n) is 17.5. The number of aliphatic imine (C=N–C) groups is 1. The van der Waals surface area contributed by atoms with Crippen molar-refractivity contribution in [2.75, 3.05) is 13.7 Å². The molecule has 1 aromatic carbocycles. The lowest BCUT2D eigenvalue weighted by molar-refractivity contribution is 0.409. The molecule has 0 aliphatic rings. The van der Waals surface area contributed by atoms with Crippen molar-refractivity contribution in [2.24, 2.45) is 12.0 Å². The van der Waals surface area contributed by atoms with Crippen molar-refractivity contribution < 1.29 is 4.74 Å². The van der Waals surface area contributed by atoms with Gasteiger partial charge in [-0.1, -0.05) is 15.9 Å². The minimum atomic E-state index is 0. The average molecular weight is 564 g/mol. The van der Waals surface area contributed by atoms with E-state index < -0.39 is 0 Å². The summed E-state index contributed by atoms with van der Waals surface area (Å²) in [5, 5.41) is 11.3. The van der Waals surface area contributed by atoms with Gasteiger partial charge in [0.25, 0.3) is 0 Å². The molecule has 0 fully saturated rings. The number of methoxy groups -OCH3 is 1. The summed E-state index contributed by atoms with van der Waals surface area (Å²) in [6.07, 6.45) is 0.899. The lowest BCUT2D eigenvalue weighted by Gasteiger charge is -2.18. The van der Waals surface area contributed by atoms with Crippen molar-refractivity contribution in [2.45, 2.75) is 46.7 Å². The summed E-state index contributed by atoms with van der Waals surface area (Å²) in [7, 11) is 3.67. The van der Waals surface area contributed by atoms with E-state index >= 15 is 0 Å². The Morgan fingerprint density at radius 1 is 1.36 bits per heavy atom. The molecule has 1 atom stereocenters. The Morgan fingerprint density at radius 2 is 2.07 bits per heavy atom. The molecule has 0 radical (unpaired) electrons. The zero-order chi connectivity index (χ0) is 20.0. The first-order chi connectivity index (χ1) is 12.8. The van der Waals surface area contributed by atoms with Crippen LogP contribution in [0.1, 0.15) is 36.4 Å². The van der Waals surface area contributed by atoms with Crippen LogP contribution in [0.3, 0.4) is 0 Å². The Balaban J connectivity index is 0.00000392. The van der Waals surface area contributed by atoms with Crippen molar-refractivity contribution >= 4 is 45.9 Å². The molecular formula is C20H31BrIN5O. The second kappa shape index (κ2) is 11.6. The van der Waals surface area contributed by atoms with Gasteiger partial charge in [-0.2, -0.15) is 5.10 Å². The molecule has 2 aromatic rings. The molecule has 8 heteroatoms. The van der Waals surface area contributed by atoms with Crippen LogP contribution in [0, 0.1) is 13.8 Å². The van der Waals surface area contributed by atoms with Crippen molar-refractivity contribution in [1.82, 2.24) is 20.4 Å². The van der Waals surface area contributed by atoms with Gasteiger partial charge in [-0.25, -0.2) is 4.99 Å². The maximum Gasteiger partial charge on any atom is 0.191 e. The molecule has 0 saturated carbocycles. The summed E-state index contributed by atoms with van der Waals surface area (Å²) in [6, 6.07) is 6.19. The molecule has 0 saturated heterocycles. The minimum Gasteiger partial charge on any atom is -0.496 e. The summed E-state index contributed by atoms with van der Waals surface area (Å²) >= 11 is 3.51. The number of aryl methyl sites for hydroxylation is 2. The number of benzene rings is 1. The van der Waals surface area contributed by atoms with Gasteiger partial charge in [0.15, 0.2) is 5.96 Å². The smallest absolute Gasteiger partial charge is 0.191 e. The molecule has 28 heavy (non-hydrogen) atoms. The van der Waals surface area contributed by atoms with E-state index in [0.717, 1.165) is 40.4 Å². The Labute approximate surface area is 193 Å². The van der Waals surface area contributed by atoms with Gasteiger partial charge < -0.3 is 15.4 Å². The van der Waals surface area contributed by atoms with E-state index in [0.29, 0.717) is 6.54 Å². The van der Waals surface area contributed by atoms with Crippen molar-refractivity contribution in [1.29, 1.82) is 0 Å². The number of nitrogens with one attached hydrogen (secondary N) is 2. The van der Waals surface area contributed by atoms with Gasteiger partial charge in [-0.3, -0.25) is 4.68 Å². The number of hydrogen-bond donors (Lipinski definition) is 2. The largest absolute Gasteiger partial charge is 0.496 e. The summed E-state index contributed by atoms with van der Waals surface area (Å²) < 4.78 is 8.40. The van der Waals surface area contributed by atoms with Crippen molar-refractivity contribution in [3.63, 3.8) is 0 Å². The van der Waals surface area contributed by atoms with Crippen molar-refractivity contribution in [3.8, 4) is 5.75 Å². The number of rotatable bonds is 7. The molecule has 0 aliphatic carbocycles. The van der Waals surface area contributed by atoms with E-state index in [4.69, 9.17) is 9.73 Å². The number of ether oxygens (including phenoxy) is 1. The lowest BCUT2D eigenvalue weighted by Crippen LogP contribution is -2.43. The Hall–Kier alpha value is -1.29. The molecule has 2 N–H and O–H groups in total. The third kappa shape index (κ3) is 6.65. The van der Waals surface area contributed by atoms with Crippen LogP contribution in [0.4, 0.5) is 0 Å². The molecule has 1 heterocycles. The normalized spacial score (nSPS) is 12.3. The maximum atomic E-state index is 5.44. The van der Waals surface area contributed by atoms with Crippen LogP contribution in [0.2, 0.25) is 0 Å². The zero-order valence-corrected chi connectivity index (χ0v) is 21.4. The van der Waals surface area contributed by atoms with E-state index in [1.165, 1.54) is 11.3 Å². The van der Waals surface area contributed by atoms with Crippen LogP contribution in [0.5, 0.6) is 5.75 Å². The highest BCUT2D eigenvalue weighted by molar-refractivity contribution is 14.0. The molecule has 1 aromatic heterocycles. The van der Waals surface area contributed by atoms with Crippen molar-refractivity contribution in [3.05, 3.63) is 45.2 Å². The highest BCUT2D eigenvalue weighted by Crippen LogP contribution is 2.23. The fraction of sp³-hybridized carbons (Fsp3) is 0.500. The number of nitrogens with zero attached hydrogens (tertiary/aromatic N) is 3. The molecule has 2 rings (SSSR count). The molecule has 1 unspecified atom stereocenters. The monoisotopic (exact) mass is 563 g/mol. The summed E-state index contributed by atoms with van der Waals surface area (Å²) in [5.74, 6) is 1.64. The highest BCUT2D eigenvalue weighted by Gasteiger charge is 2.14. The van der Waals surface area contributed by atoms with Gasteiger partial charge in [-0.05, 0) is 57.9 Å². The average Bonchev–Trinajstić information content (AvgIpc) is 2.86. The van der Waals surface area contributed by atoms with E-state index in [1.807, 2.05) is 29.9 Å². The standard InChI is InChI=1S/C20H30BrN5O.HI/c1-7-22-20(23-12-16-11-17(21)8-9-19(16)27-6)24-13(2)10-18-14(3)25-26(5)15(18)4;/h8-9,11,13H,7,10,12H2,1-6H3,(H2,22,23,24);1H. The lowest BCUT2D eigenvalue weighted by atomic mass is 10.1. The van der Waals surface area contributed by atoms with E-state index in [9.17, 15) is 0 Å². The second-order valence-corrected chi connectivity index (χ2v) is 7.59.